The van der Waals surface area contributed by atoms with Crippen molar-refractivity contribution in [1.82, 2.24) is 10.9 Å². The maximum atomic E-state index is 13.9. The number of aliphatic carboxylic acids is 1. The minimum absolute atomic E-state index is 0.0113. The summed E-state index contributed by atoms with van der Waals surface area (Å²) in [6, 6.07) is 10.7. The van der Waals surface area contributed by atoms with Crippen molar-refractivity contribution in [2.75, 3.05) is 41.2 Å². The summed E-state index contributed by atoms with van der Waals surface area (Å²) in [6.07, 6.45) is -17.0. The molecule has 3 aliphatic heterocycles. The minimum Gasteiger partial charge on any atom is -0.507 e. The Labute approximate surface area is 768 Å². The van der Waals surface area contributed by atoms with Crippen molar-refractivity contribution < 1.29 is 177 Å². The van der Waals surface area contributed by atoms with E-state index in [2.05, 4.69) is 21.1 Å². The molecule has 3 fully saturated rings. The van der Waals surface area contributed by atoms with E-state index in [4.69, 9.17) is 64.9 Å². The number of ketones is 8. The van der Waals surface area contributed by atoms with Crippen LogP contribution >= 0.6 is 0 Å². The Morgan fingerprint density at radius 2 is 0.704 bits per heavy atom. The molecule has 3 heterocycles. The van der Waals surface area contributed by atoms with E-state index in [0.29, 0.717) is 0 Å². The number of methoxy groups -OCH3 is 3. The van der Waals surface area contributed by atoms with Gasteiger partial charge in [0.1, 0.15) is 80.9 Å². The number of rotatable bonds is 23. The van der Waals surface area contributed by atoms with Crippen LogP contribution in [0.1, 0.15) is 253 Å². The Hall–Kier alpha value is -12.1. The van der Waals surface area contributed by atoms with Gasteiger partial charge in [0.25, 0.3) is 0 Å². The number of carboxylic acid groups (broad SMARTS) is 1. The topological polar surface area (TPSA) is 721 Å². The fourth-order valence-corrected chi connectivity index (χ4v) is 18.4. The molecular weight excluding hydrogens is 1780 g/mol. The molecule has 43 heteroatoms. The number of ether oxygens (including phenoxy) is 9. The molecule has 0 saturated carbocycles. The van der Waals surface area contributed by atoms with Crippen LogP contribution in [-0.4, -0.2) is 289 Å². The van der Waals surface area contributed by atoms with Gasteiger partial charge < -0.3 is 146 Å². The van der Waals surface area contributed by atoms with Gasteiger partial charge in [0, 0.05) is 145 Å². The fraction of sp³-hybridized carbons (Fsp3) is 0.467. The SMILES string of the molecule is CC.COc1cccc2c1C(=O)c1c(O)c3c(c(O)c1C2=O)CC(O)(/C(CO)=N/NC(=O)CCC(=O)O)CC3OC1CC(N)C(O)C(C)O1.COc1cccc2c1C(=O)c1c(O)c3c(c(O)c1C2=O)CC(O)(/C(CO)=N\NC(=O)CCC(C)=O)CC3OC1CC(N)C(O)C(C)O1.COc1cccc2c1C(=O)c1c(O)c3c(c(O)c1C2=O)CC(O)(C(=O)CO)CC3OC1CC(N)C(O)C(C)O1. The monoisotopic (exact) mass is 1890 g/mol. The first-order valence-corrected chi connectivity index (χ1v) is 43.2. The number of carbonyl (C=O) groups is 11. The lowest BCUT2D eigenvalue weighted by Crippen LogP contribution is -2.53. The normalized spacial score (nSPS) is 27.5. The van der Waals surface area contributed by atoms with Crippen molar-refractivity contribution in [3.8, 4) is 51.7 Å². The number of carboxylic acids is 1. The largest absolute Gasteiger partial charge is 0.507 e. The average Bonchev–Trinajstić information content (AvgIpc) is 0.716. The number of hydrazone groups is 2. The van der Waals surface area contributed by atoms with Crippen molar-refractivity contribution in [3.05, 3.63) is 155 Å². The number of aliphatic hydroxyl groups excluding tert-OH is 6. The van der Waals surface area contributed by atoms with Crippen LogP contribution in [0.15, 0.2) is 64.8 Å². The lowest BCUT2D eigenvalue weighted by Gasteiger charge is -2.43. The number of nitrogens with one attached hydrogen (secondary N) is 2. The molecule has 15 rings (SSSR count). The van der Waals surface area contributed by atoms with Crippen LogP contribution in [0.4, 0.5) is 0 Å². The smallest absolute Gasteiger partial charge is 0.303 e. The third kappa shape index (κ3) is 19.2. The average molecular weight is 1890 g/mol. The van der Waals surface area contributed by atoms with Crippen LogP contribution in [0, 0.1) is 0 Å². The predicted molar refractivity (Wildman–Crippen MR) is 465 cm³/mol. The number of carbonyl (C=O) groups excluding carboxylic acids is 10. The van der Waals surface area contributed by atoms with E-state index < -0.39 is 312 Å². The number of aliphatic hydroxyl groups is 9. The summed E-state index contributed by atoms with van der Waals surface area (Å²) in [6.45, 7) is 7.21. The van der Waals surface area contributed by atoms with Gasteiger partial charge in [-0.3, -0.25) is 47.9 Å². The van der Waals surface area contributed by atoms with Gasteiger partial charge in [0.05, 0.1) is 157 Å². The highest BCUT2D eigenvalue weighted by molar-refractivity contribution is 6.34. The molecule has 43 nitrogen and oxygen atoms in total. The molecule has 18 atom stereocenters. The molecular formula is C92H107N7O36. The molecule has 0 radical (unpaired) electrons. The molecule has 0 bridgehead atoms. The zero-order chi connectivity index (χ0) is 99.1. The Morgan fingerprint density at radius 3 is 0.970 bits per heavy atom. The number of benzene rings is 6. The molecule has 135 heavy (non-hydrogen) atoms. The third-order valence-electron chi connectivity index (χ3n) is 25.4. The van der Waals surface area contributed by atoms with Gasteiger partial charge in [-0.2, -0.15) is 10.2 Å². The predicted octanol–water partition coefficient (Wildman–Crippen LogP) is 1.07. The summed E-state index contributed by atoms with van der Waals surface area (Å²) in [4.78, 5) is 142. The second-order valence-corrected chi connectivity index (χ2v) is 33.9. The number of nitrogens with zero attached hydrogens (tertiary/aromatic N) is 2. The second-order valence-electron chi connectivity index (χ2n) is 33.9. The highest BCUT2D eigenvalue weighted by Gasteiger charge is 2.55. The van der Waals surface area contributed by atoms with Gasteiger partial charge in [-0.15, -0.1) is 0 Å². The van der Waals surface area contributed by atoms with Crippen molar-refractivity contribution in [2.24, 2.45) is 27.4 Å². The fourth-order valence-electron chi connectivity index (χ4n) is 18.4. The van der Waals surface area contributed by atoms with Gasteiger partial charge in [0.2, 0.25) is 29.2 Å². The van der Waals surface area contributed by atoms with Crippen molar-refractivity contribution in [3.63, 3.8) is 0 Å². The van der Waals surface area contributed by atoms with Crippen LogP contribution in [0.5, 0.6) is 51.7 Å². The molecule has 0 spiro atoms. The Kier molecular flexibility index (Phi) is 30.8. The number of Topliss-reactive ketones (excluding diaryl/α,β-unsaturated/α-hetero) is 2. The van der Waals surface area contributed by atoms with Gasteiger partial charge in [-0.1, -0.05) is 50.2 Å². The molecule has 3 saturated heterocycles. The molecule has 18 unspecified atom stereocenters. The van der Waals surface area contributed by atoms with E-state index in [1.807, 2.05) is 13.8 Å². The molecule has 0 aromatic heterocycles. The summed E-state index contributed by atoms with van der Waals surface area (Å²) < 4.78 is 51.5. The first kappa shape index (κ1) is 102. The number of fused-ring (bicyclic) bond motifs is 9. The third-order valence-corrected chi connectivity index (χ3v) is 25.4. The first-order valence-electron chi connectivity index (χ1n) is 43.2. The molecule has 726 valence electrons. The maximum absolute atomic E-state index is 13.9. The van der Waals surface area contributed by atoms with Gasteiger partial charge in [0.15, 0.2) is 42.0 Å². The highest BCUT2D eigenvalue weighted by atomic mass is 16.7. The van der Waals surface area contributed by atoms with Crippen LogP contribution < -0.4 is 42.3 Å². The quantitative estimate of drug-likeness (QED) is 0.0242. The van der Waals surface area contributed by atoms with E-state index in [-0.39, 0.29) is 128 Å². The van der Waals surface area contributed by atoms with Gasteiger partial charge in [-0.25, -0.2) is 10.9 Å². The van der Waals surface area contributed by atoms with Crippen molar-refractivity contribution in [2.45, 2.75) is 234 Å². The van der Waals surface area contributed by atoms with Crippen LogP contribution in [0.3, 0.4) is 0 Å². The zero-order valence-corrected chi connectivity index (χ0v) is 74.6. The minimum atomic E-state index is -2.24. The van der Waals surface area contributed by atoms with E-state index in [1.165, 1.54) is 82.9 Å². The van der Waals surface area contributed by atoms with E-state index in [0.717, 1.165) is 0 Å². The number of nitrogens with two attached hydrogens (primary N) is 3. The Morgan fingerprint density at radius 1 is 0.422 bits per heavy atom. The Bertz CT molecular complexity index is 5560. The zero-order valence-electron chi connectivity index (χ0n) is 74.6. The number of phenols is 6. The lowest BCUT2D eigenvalue weighted by molar-refractivity contribution is -0.247. The lowest BCUT2D eigenvalue weighted by atomic mass is 9.71. The summed E-state index contributed by atoms with van der Waals surface area (Å²) in [5.74, 6) is -12.6. The second kappa shape index (κ2) is 40.8. The van der Waals surface area contributed by atoms with Crippen molar-refractivity contribution >= 4 is 75.5 Å². The van der Waals surface area contributed by atoms with Gasteiger partial charge >= 0.3 is 5.97 Å². The molecule has 9 aliphatic rings. The number of phenolic OH excluding ortho intramolecular Hbond substituents is 6. The maximum Gasteiger partial charge on any atom is 0.303 e. The number of hydrogen-bond donors (Lipinski definition) is 21. The first-order chi connectivity index (χ1) is 63.9. The molecule has 6 aromatic carbocycles. The summed E-state index contributed by atoms with van der Waals surface area (Å²) in [5, 5.41) is 182. The van der Waals surface area contributed by atoms with Gasteiger partial charge in [-0.05, 0) is 45.9 Å². The summed E-state index contributed by atoms with van der Waals surface area (Å²) in [7, 11) is 3.94. The number of amides is 2. The standard InChI is InChI=1S/C32H37N3O12.C31H35N3O13.C27H29NO11.C2H6/c1-13(37)7-8-21(38)35-34-20(12-36)32(44)10-16-24(19(11-32)47-22-9-17(33)27(39)14(2)46-22)31(43)26-25(29(16)41)28(40)15-5-4-6-18(45-3)23(15)30(26)42;1-12-26(39)15(32)8-21(46-12)47-17-10-31(44,18(11-35)33-34-19(36)6-7-20(37)38)9-14-23(17)30(43)25-24(28(14)41)27(40)13-4-3-5-16(45-2)22(13)29(25)42;1-10-22(31)13(28)6-17(38-10)39-15-8-27(36,16(30)9-29)7-12-19(15)26(35)21-20(24(12)33)23(32)11-4-3-5-14(37-2)18(11)25(21)34;1-2/h4-6,14,17,19,22,27,36,39,41,43-44H,7-12,33H2,1-3H3,(H,35,38);3-5,12,15,17,21,26,35,39,41,43-44H,6-11,32H2,1-2H3,(H,34,36)(H,37,38);3-5,10,13,15,17,22,29,31,33,35-36H,6-9,28H2,1-2H3;1-2H3/b34-20-;33-18+;;. The molecule has 2 amide bonds. The number of aromatic hydroxyl groups is 6. The molecule has 24 N–H and O–H groups in total. The summed E-state index contributed by atoms with van der Waals surface area (Å²) in [5.41, 5.74) is 10.7. The number of hydrogen-bond acceptors (Lipinski definition) is 40. The van der Waals surface area contributed by atoms with Crippen LogP contribution in [-0.2, 0) is 71.7 Å². The van der Waals surface area contributed by atoms with E-state index >= 15 is 0 Å². The van der Waals surface area contributed by atoms with Crippen LogP contribution in [0.2, 0.25) is 0 Å². The van der Waals surface area contributed by atoms with E-state index in [1.54, 1.807) is 20.8 Å². The highest BCUT2D eigenvalue weighted by Crippen LogP contribution is 2.58. The molecule has 6 aliphatic carbocycles. The van der Waals surface area contributed by atoms with E-state index in [9.17, 15) is 129 Å². The Balaban J connectivity index is 0.000000181. The molecule has 6 aromatic rings. The van der Waals surface area contributed by atoms with Crippen molar-refractivity contribution in [1.29, 1.82) is 0 Å². The summed E-state index contributed by atoms with van der Waals surface area (Å²) >= 11 is 0. The van der Waals surface area contributed by atoms with Crippen LogP contribution in [0.25, 0.3) is 0 Å².